The van der Waals surface area contributed by atoms with E-state index in [-0.39, 0.29) is 23.0 Å². The number of nitrogens with one attached hydrogen (secondary N) is 1. The summed E-state index contributed by atoms with van der Waals surface area (Å²) in [6.07, 6.45) is 0.766. The molecule has 0 unspecified atom stereocenters. The molecule has 0 spiro atoms. The number of methoxy groups -OCH3 is 1. The number of benzene rings is 3. The fourth-order valence-electron chi connectivity index (χ4n) is 3.97. The van der Waals surface area contributed by atoms with Crippen molar-refractivity contribution in [1.29, 1.82) is 0 Å². The van der Waals surface area contributed by atoms with Crippen LogP contribution in [0.3, 0.4) is 0 Å². The van der Waals surface area contributed by atoms with Crippen LogP contribution in [0.4, 0.5) is 0 Å². The number of hydrogen-bond donors (Lipinski definition) is 1. The minimum absolute atomic E-state index is 0.0141. The second-order valence-electron chi connectivity index (χ2n) is 8.20. The number of fused-ring (bicyclic) bond motifs is 1. The fraction of sp³-hybridized carbons (Fsp3) is 0.222. The van der Waals surface area contributed by atoms with Gasteiger partial charge in [0.2, 0.25) is 5.12 Å². The third-order valence-electron chi connectivity index (χ3n) is 5.55. The van der Waals surface area contributed by atoms with Gasteiger partial charge in [-0.15, -0.1) is 0 Å². The van der Waals surface area contributed by atoms with Crippen molar-refractivity contribution in [3.8, 4) is 5.75 Å². The van der Waals surface area contributed by atoms with Crippen molar-refractivity contribution < 1.29 is 9.53 Å². The number of ether oxygens (including phenoxy) is 1. The van der Waals surface area contributed by atoms with Crippen LogP contribution in [0.15, 0.2) is 76.7 Å². The second-order valence-corrected chi connectivity index (χ2v) is 9.25. The van der Waals surface area contributed by atoms with E-state index in [1.807, 2.05) is 56.3 Å². The van der Waals surface area contributed by atoms with Crippen LogP contribution in [0, 0.1) is 0 Å². The van der Waals surface area contributed by atoms with Crippen molar-refractivity contribution in [3.05, 3.63) is 99.5 Å². The molecule has 0 aliphatic carbocycles. The third kappa shape index (κ3) is 5.34. The lowest BCUT2D eigenvalue weighted by atomic mass is 9.95. The molecule has 0 radical (unpaired) electrons. The zero-order valence-corrected chi connectivity index (χ0v) is 19.7. The molecule has 0 saturated carbocycles. The van der Waals surface area contributed by atoms with E-state index in [1.165, 1.54) is 0 Å². The Morgan fingerprint density at radius 2 is 1.76 bits per heavy atom. The van der Waals surface area contributed by atoms with Crippen molar-refractivity contribution in [3.63, 3.8) is 0 Å². The first kappa shape index (κ1) is 22.8. The summed E-state index contributed by atoms with van der Waals surface area (Å²) in [6, 6.07) is 21.7. The van der Waals surface area contributed by atoms with E-state index >= 15 is 0 Å². The summed E-state index contributed by atoms with van der Waals surface area (Å²) in [7, 11) is 1.61. The predicted molar refractivity (Wildman–Crippen MR) is 133 cm³/mol. The number of carbonyl (C=O) groups is 1. The van der Waals surface area contributed by atoms with E-state index < -0.39 is 0 Å². The maximum atomic E-state index is 12.9. The standard InChI is InChI=1S/C27H26N2O3S/c1-17(2)25-23(16-20-9-6-8-19-7-4-5-10-22(19)20)28-27(29-26(25)31)33-24(30)15-18-11-13-21(32-3)14-12-18/h4-14,17H,15-16H2,1-3H3,(H,28,29,31). The number of thioether (sulfide) groups is 1. The molecule has 0 saturated heterocycles. The Kier molecular flexibility index (Phi) is 6.94. The van der Waals surface area contributed by atoms with Crippen LogP contribution in [-0.4, -0.2) is 22.2 Å². The van der Waals surface area contributed by atoms with E-state index in [9.17, 15) is 9.59 Å². The van der Waals surface area contributed by atoms with Gasteiger partial charge in [-0.1, -0.05) is 68.4 Å². The molecular weight excluding hydrogens is 432 g/mol. The maximum absolute atomic E-state index is 12.9. The van der Waals surface area contributed by atoms with Gasteiger partial charge >= 0.3 is 0 Å². The molecule has 6 heteroatoms. The van der Waals surface area contributed by atoms with Crippen LogP contribution in [0.5, 0.6) is 5.75 Å². The molecule has 4 aromatic rings. The molecule has 0 aliphatic rings. The van der Waals surface area contributed by atoms with Gasteiger partial charge in [-0.2, -0.15) is 0 Å². The Balaban J connectivity index is 1.62. The topological polar surface area (TPSA) is 72.0 Å². The summed E-state index contributed by atoms with van der Waals surface area (Å²) in [4.78, 5) is 33.2. The van der Waals surface area contributed by atoms with Crippen molar-refractivity contribution >= 4 is 27.6 Å². The summed E-state index contributed by atoms with van der Waals surface area (Å²) in [6.45, 7) is 3.97. The van der Waals surface area contributed by atoms with Gasteiger partial charge in [0.1, 0.15) is 5.75 Å². The van der Waals surface area contributed by atoms with Gasteiger partial charge in [0.25, 0.3) is 5.56 Å². The van der Waals surface area contributed by atoms with Crippen LogP contribution in [0.25, 0.3) is 10.8 Å². The average Bonchev–Trinajstić information content (AvgIpc) is 2.79. The van der Waals surface area contributed by atoms with Crippen LogP contribution < -0.4 is 10.3 Å². The van der Waals surface area contributed by atoms with Crippen LogP contribution in [0.2, 0.25) is 0 Å². The number of carbonyl (C=O) groups excluding carboxylic acids is 1. The van der Waals surface area contributed by atoms with Gasteiger partial charge in [-0.05, 0) is 51.7 Å². The van der Waals surface area contributed by atoms with Crippen LogP contribution >= 0.6 is 11.8 Å². The lowest BCUT2D eigenvalue weighted by Crippen LogP contribution is -2.20. The molecule has 0 fully saturated rings. The van der Waals surface area contributed by atoms with Gasteiger partial charge in [0.05, 0.1) is 12.8 Å². The van der Waals surface area contributed by atoms with Crippen molar-refractivity contribution in [2.45, 2.75) is 37.8 Å². The molecule has 4 rings (SSSR count). The number of rotatable bonds is 7. The zero-order chi connectivity index (χ0) is 23.4. The number of aromatic amines is 1. The first-order valence-corrected chi connectivity index (χ1v) is 11.7. The first-order valence-electron chi connectivity index (χ1n) is 10.9. The molecular formula is C27H26N2O3S. The normalized spacial score (nSPS) is 11.2. The monoisotopic (exact) mass is 458 g/mol. The summed E-state index contributed by atoms with van der Waals surface area (Å²) >= 11 is 0.974. The highest BCUT2D eigenvalue weighted by molar-refractivity contribution is 8.13. The van der Waals surface area contributed by atoms with E-state index in [0.717, 1.165) is 39.4 Å². The number of aromatic nitrogens is 2. The molecule has 5 nitrogen and oxygen atoms in total. The molecule has 0 atom stereocenters. The zero-order valence-electron chi connectivity index (χ0n) is 18.9. The maximum Gasteiger partial charge on any atom is 0.255 e. The second kappa shape index (κ2) is 10.0. The van der Waals surface area contributed by atoms with Crippen molar-refractivity contribution in [2.24, 2.45) is 0 Å². The summed E-state index contributed by atoms with van der Waals surface area (Å²) in [5.74, 6) is 0.757. The Morgan fingerprint density at radius 3 is 2.48 bits per heavy atom. The van der Waals surface area contributed by atoms with Gasteiger partial charge < -0.3 is 9.72 Å². The highest BCUT2D eigenvalue weighted by atomic mass is 32.2. The van der Waals surface area contributed by atoms with E-state index in [1.54, 1.807) is 7.11 Å². The fourth-order valence-corrected chi connectivity index (χ4v) is 4.72. The predicted octanol–water partition coefficient (Wildman–Crippen LogP) is 5.51. The summed E-state index contributed by atoms with van der Waals surface area (Å²) in [5, 5.41) is 2.53. The minimum atomic E-state index is -0.185. The molecule has 0 bridgehead atoms. The molecule has 1 aromatic heterocycles. The van der Waals surface area contributed by atoms with Crippen molar-refractivity contribution in [2.75, 3.05) is 7.11 Å². The van der Waals surface area contributed by atoms with Gasteiger partial charge in [-0.25, -0.2) is 4.98 Å². The Labute approximate surface area is 197 Å². The molecule has 0 aliphatic heterocycles. The molecule has 168 valence electrons. The minimum Gasteiger partial charge on any atom is -0.497 e. The molecule has 1 N–H and O–H groups in total. The van der Waals surface area contributed by atoms with Crippen LogP contribution in [0.1, 0.15) is 42.1 Å². The number of H-pyrrole nitrogens is 1. The van der Waals surface area contributed by atoms with Gasteiger partial charge in [-0.3, -0.25) is 9.59 Å². The highest BCUT2D eigenvalue weighted by Crippen LogP contribution is 2.25. The first-order chi connectivity index (χ1) is 15.9. The SMILES string of the molecule is COc1ccc(CC(=O)Sc2nc(Cc3cccc4ccccc34)c(C(C)C)c(=O)[nH]2)cc1. The van der Waals surface area contributed by atoms with Crippen LogP contribution in [-0.2, 0) is 17.6 Å². The molecule has 3 aromatic carbocycles. The van der Waals surface area contributed by atoms with Gasteiger partial charge in [0.15, 0.2) is 5.16 Å². The molecule has 33 heavy (non-hydrogen) atoms. The Morgan fingerprint density at radius 1 is 1.03 bits per heavy atom. The lowest BCUT2D eigenvalue weighted by Gasteiger charge is -2.14. The summed E-state index contributed by atoms with van der Waals surface area (Å²) < 4.78 is 5.16. The quantitative estimate of drug-likeness (QED) is 0.292. The Bertz CT molecular complexity index is 1340. The highest BCUT2D eigenvalue weighted by Gasteiger charge is 2.18. The number of hydrogen-bond acceptors (Lipinski definition) is 5. The average molecular weight is 459 g/mol. The largest absolute Gasteiger partial charge is 0.497 e. The molecule has 1 heterocycles. The van der Waals surface area contributed by atoms with E-state index in [0.29, 0.717) is 22.8 Å². The number of nitrogens with zero attached hydrogens (tertiary/aromatic N) is 1. The smallest absolute Gasteiger partial charge is 0.255 e. The Hall–Kier alpha value is -3.38. The van der Waals surface area contributed by atoms with Crippen molar-refractivity contribution in [1.82, 2.24) is 9.97 Å². The van der Waals surface area contributed by atoms with E-state index in [2.05, 4.69) is 29.2 Å². The third-order valence-corrected chi connectivity index (χ3v) is 6.30. The molecule has 0 amide bonds. The van der Waals surface area contributed by atoms with Gasteiger partial charge in [0, 0.05) is 18.4 Å². The summed E-state index contributed by atoms with van der Waals surface area (Å²) in [5.41, 5.74) is 3.17. The van der Waals surface area contributed by atoms with E-state index in [4.69, 9.17) is 9.72 Å². The lowest BCUT2D eigenvalue weighted by molar-refractivity contribution is -0.110.